The Labute approximate surface area is 169 Å². The van der Waals surface area contributed by atoms with E-state index in [9.17, 15) is 4.79 Å². The zero-order valence-corrected chi connectivity index (χ0v) is 16.6. The monoisotopic (exact) mass is 386 g/mol. The highest BCUT2D eigenvalue weighted by molar-refractivity contribution is 6.06. The van der Waals surface area contributed by atoms with E-state index in [1.165, 1.54) is 0 Å². The second kappa shape index (κ2) is 7.75. The number of para-hydroxylation sites is 2. The molecule has 2 aromatic heterocycles. The first-order valence-electron chi connectivity index (χ1n) is 9.36. The molecule has 1 unspecified atom stereocenters. The van der Waals surface area contributed by atoms with Crippen molar-refractivity contribution >= 4 is 16.8 Å². The summed E-state index contributed by atoms with van der Waals surface area (Å²) in [7, 11) is 3.53. The zero-order valence-electron chi connectivity index (χ0n) is 16.6. The number of carbonyl (C=O) groups is 1. The molecule has 1 amide bonds. The Bertz CT molecular complexity index is 1180. The second-order valence-corrected chi connectivity index (χ2v) is 6.87. The van der Waals surface area contributed by atoms with Crippen molar-refractivity contribution in [3.8, 4) is 5.75 Å². The maximum atomic E-state index is 13.4. The number of nitrogens with zero attached hydrogens (tertiary/aromatic N) is 3. The first-order chi connectivity index (χ1) is 14.1. The van der Waals surface area contributed by atoms with E-state index in [1.54, 1.807) is 13.3 Å². The van der Waals surface area contributed by atoms with Gasteiger partial charge in [0.05, 0.1) is 18.2 Å². The standard InChI is InChI=1S/C23H22N4O2/c1-15-14-18(16-8-4-6-10-19(16)25-15)23(28)26-21(22-24-12-13-27(22)2)17-9-5-7-11-20(17)29-3/h4-14,21H,1-3H3,(H,26,28). The van der Waals surface area contributed by atoms with Crippen LogP contribution >= 0.6 is 0 Å². The van der Waals surface area contributed by atoms with Crippen molar-refractivity contribution in [1.29, 1.82) is 0 Å². The molecule has 2 aromatic carbocycles. The van der Waals surface area contributed by atoms with Crippen molar-refractivity contribution in [3.05, 3.63) is 89.6 Å². The number of ether oxygens (including phenoxy) is 1. The van der Waals surface area contributed by atoms with E-state index in [1.807, 2.05) is 79.3 Å². The SMILES string of the molecule is COc1ccccc1C(NC(=O)c1cc(C)nc2ccccc12)c1nccn1C. The van der Waals surface area contributed by atoms with Crippen molar-refractivity contribution in [3.63, 3.8) is 0 Å². The number of amides is 1. The van der Waals surface area contributed by atoms with E-state index < -0.39 is 6.04 Å². The summed E-state index contributed by atoms with van der Waals surface area (Å²) in [5.41, 5.74) is 3.01. The first kappa shape index (κ1) is 18.7. The number of aromatic nitrogens is 3. The molecule has 2 heterocycles. The van der Waals surface area contributed by atoms with Gasteiger partial charge in [-0.1, -0.05) is 36.4 Å². The zero-order chi connectivity index (χ0) is 20.4. The van der Waals surface area contributed by atoms with Crippen molar-refractivity contribution < 1.29 is 9.53 Å². The lowest BCUT2D eigenvalue weighted by molar-refractivity contribution is 0.0942. The number of benzene rings is 2. The van der Waals surface area contributed by atoms with Crippen LogP contribution in [0.1, 0.15) is 33.5 Å². The molecule has 0 bridgehead atoms. The number of aryl methyl sites for hydroxylation is 2. The van der Waals surface area contributed by atoms with Gasteiger partial charge in [-0.3, -0.25) is 9.78 Å². The minimum Gasteiger partial charge on any atom is -0.496 e. The Kier molecular flexibility index (Phi) is 4.99. The normalized spacial score (nSPS) is 12.0. The molecule has 29 heavy (non-hydrogen) atoms. The van der Waals surface area contributed by atoms with Gasteiger partial charge in [0.25, 0.3) is 5.91 Å². The van der Waals surface area contributed by atoms with E-state index in [-0.39, 0.29) is 5.91 Å². The number of pyridine rings is 1. The third-order valence-electron chi connectivity index (χ3n) is 4.93. The Morgan fingerprint density at radius 2 is 1.90 bits per heavy atom. The molecule has 0 radical (unpaired) electrons. The summed E-state index contributed by atoms with van der Waals surface area (Å²) < 4.78 is 7.44. The number of nitrogens with one attached hydrogen (secondary N) is 1. The first-order valence-corrected chi connectivity index (χ1v) is 9.36. The summed E-state index contributed by atoms with van der Waals surface area (Å²) in [5.74, 6) is 1.22. The van der Waals surface area contributed by atoms with E-state index in [0.29, 0.717) is 11.3 Å². The molecule has 0 aliphatic carbocycles. The molecule has 6 nitrogen and oxygen atoms in total. The van der Waals surface area contributed by atoms with Gasteiger partial charge in [0.15, 0.2) is 0 Å². The molecule has 4 rings (SSSR count). The number of fused-ring (bicyclic) bond motifs is 1. The predicted octanol–water partition coefficient (Wildman–Crippen LogP) is 3.80. The van der Waals surface area contributed by atoms with Crippen LogP contribution in [0.5, 0.6) is 5.75 Å². The third kappa shape index (κ3) is 3.57. The highest BCUT2D eigenvalue weighted by Gasteiger charge is 2.25. The third-order valence-corrected chi connectivity index (χ3v) is 4.93. The summed E-state index contributed by atoms with van der Waals surface area (Å²) in [4.78, 5) is 22.4. The number of methoxy groups -OCH3 is 1. The molecule has 4 aromatic rings. The molecule has 0 saturated heterocycles. The lowest BCUT2D eigenvalue weighted by Gasteiger charge is -2.21. The summed E-state index contributed by atoms with van der Waals surface area (Å²) in [6.45, 7) is 1.89. The van der Waals surface area contributed by atoms with E-state index in [2.05, 4.69) is 15.3 Å². The van der Waals surface area contributed by atoms with Gasteiger partial charge in [-0.05, 0) is 25.1 Å². The molecule has 1 atom stereocenters. The van der Waals surface area contributed by atoms with Crippen molar-refractivity contribution in [2.75, 3.05) is 7.11 Å². The van der Waals surface area contributed by atoms with Crippen molar-refractivity contribution in [2.45, 2.75) is 13.0 Å². The van der Waals surface area contributed by atoms with Crippen LogP contribution in [0.2, 0.25) is 0 Å². The number of hydrogen-bond donors (Lipinski definition) is 1. The predicted molar refractivity (Wildman–Crippen MR) is 112 cm³/mol. The summed E-state index contributed by atoms with van der Waals surface area (Å²) in [6, 6.07) is 16.6. The van der Waals surface area contributed by atoms with Crippen LogP contribution in [0.4, 0.5) is 0 Å². The highest BCUT2D eigenvalue weighted by atomic mass is 16.5. The average molecular weight is 386 g/mol. The molecular weight excluding hydrogens is 364 g/mol. The molecule has 146 valence electrons. The van der Waals surface area contributed by atoms with Crippen LogP contribution in [0, 0.1) is 6.92 Å². The Morgan fingerprint density at radius 3 is 2.66 bits per heavy atom. The van der Waals surface area contributed by atoms with Crippen LogP contribution in [-0.2, 0) is 7.05 Å². The number of imidazole rings is 1. The van der Waals surface area contributed by atoms with Crippen molar-refractivity contribution in [2.24, 2.45) is 7.05 Å². The van der Waals surface area contributed by atoms with Gasteiger partial charge in [0, 0.05) is 36.1 Å². The summed E-state index contributed by atoms with van der Waals surface area (Å²) >= 11 is 0. The number of rotatable bonds is 5. The van der Waals surface area contributed by atoms with Gasteiger partial charge >= 0.3 is 0 Å². The van der Waals surface area contributed by atoms with Crippen LogP contribution in [0.25, 0.3) is 10.9 Å². The van der Waals surface area contributed by atoms with Crippen molar-refractivity contribution in [1.82, 2.24) is 19.9 Å². The lowest BCUT2D eigenvalue weighted by atomic mass is 10.0. The molecule has 0 saturated carbocycles. The van der Waals surface area contributed by atoms with Crippen LogP contribution in [0.3, 0.4) is 0 Å². The largest absolute Gasteiger partial charge is 0.496 e. The Morgan fingerprint density at radius 1 is 1.14 bits per heavy atom. The van der Waals surface area contributed by atoms with Gasteiger partial charge in [0.1, 0.15) is 17.6 Å². The van der Waals surface area contributed by atoms with Crippen LogP contribution in [0.15, 0.2) is 67.0 Å². The average Bonchev–Trinajstić information content (AvgIpc) is 3.16. The molecule has 0 aliphatic rings. The summed E-state index contributed by atoms with van der Waals surface area (Å²) in [6.07, 6.45) is 3.58. The van der Waals surface area contributed by atoms with Gasteiger partial charge < -0.3 is 14.6 Å². The molecule has 1 N–H and O–H groups in total. The molecule has 6 heteroatoms. The molecule has 0 fully saturated rings. The quantitative estimate of drug-likeness (QED) is 0.566. The Balaban J connectivity index is 1.80. The van der Waals surface area contributed by atoms with E-state index in [0.717, 1.165) is 28.0 Å². The van der Waals surface area contributed by atoms with E-state index in [4.69, 9.17) is 4.74 Å². The molecule has 0 aliphatic heterocycles. The van der Waals surface area contributed by atoms with Gasteiger partial charge in [-0.2, -0.15) is 0 Å². The smallest absolute Gasteiger partial charge is 0.252 e. The minimum atomic E-state index is -0.467. The summed E-state index contributed by atoms with van der Waals surface area (Å²) in [5, 5.41) is 3.97. The number of hydrogen-bond acceptors (Lipinski definition) is 4. The maximum absolute atomic E-state index is 13.4. The van der Waals surface area contributed by atoms with Gasteiger partial charge in [-0.15, -0.1) is 0 Å². The molecule has 0 spiro atoms. The van der Waals surface area contributed by atoms with Gasteiger partial charge in [0.2, 0.25) is 0 Å². The second-order valence-electron chi connectivity index (χ2n) is 6.87. The van der Waals surface area contributed by atoms with Crippen LogP contribution < -0.4 is 10.1 Å². The number of carbonyl (C=O) groups excluding carboxylic acids is 1. The fourth-order valence-corrected chi connectivity index (χ4v) is 3.55. The fraction of sp³-hybridized carbons (Fsp3) is 0.174. The fourth-order valence-electron chi connectivity index (χ4n) is 3.55. The minimum absolute atomic E-state index is 0.189. The molecular formula is C23H22N4O2. The Hall–Kier alpha value is -3.67. The topological polar surface area (TPSA) is 69.0 Å². The highest BCUT2D eigenvalue weighted by Crippen LogP contribution is 2.30. The van der Waals surface area contributed by atoms with E-state index >= 15 is 0 Å². The maximum Gasteiger partial charge on any atom is 0.252 e. The van der Waals surface area contributed by atoms with Crippen LogP contribution in [-0.4, -0.2) is 27.6 Å². The van der Waals surface area contributed by atoms with Gasteiger partial charge in [-0.25, -0.2) is 4.98 Å². The lowest BCUT2D eigenvalue weighted by Crippen LogP contribution is -2.31.